The third kappa shape index (κ3) is 4.38. The van der Waals surface area contributed by atoms with E-state index in [0.717, 1.165) is 31.8 Å². The molecule has 0 aliphatic heterocycles. The minimum absolute atomic E-state index is 0.126. The Hall–Kier alpha value is -0.0800. The summed E-state index contributed by atoms with van der Waals surface area (Å²) in [6.07, 6.45) is 4.65. The molecule has 1 unspecified atom stereocenters. The Kier molecular flexibility index (Phi) is 3.87. The van der Waals surface area contributed by atoms with E-state index in [-0.39, 0.29) is 6.10 Å². The standard InChI is InChI=1S/C9H19NO/c1-2-3-9(11)7-10-6-8-4-5-8/h8-11H,2-7H2,1H3. The first-order valence-electron chi connectivity index (χ1n) is 4.71. The zero-order valence-electron chi connectivity index (χ0n) is 7.34. The van der Waals surface area contributed by atoms with Gasteiger partial charge in [0.1, 0.15) is 0 Å². The first-order valence-corrected chi connectivity index (χ1v) is 4.71. The molecule has 1 aliphatic rings. The van der Waals surface area contributed by atoms with Crippen LogP contribution in [0.3, 0.4) is 0 Å². The lowest BCUT2D eigenvalue weighted by atomic mass is 10.2. The van der Waals surface area contributed by atoms with Gasteiger partial charge in [-0.1, -0.05) is 13.3 Å². The van der Waals surface area contributed by atoms with Crippen LogP contribution >= 0.6 is 0 Å². The molecule has 1 atom stereocenters. The van der Waals surface area contributed by atoms with E-state index in [1.807, 2.05) is 0 Å². The monoisotopic (exact) mass is 157 g/mol. The summed E-state index contributed by atoms with van der Waals surface area (Å²) in [6.45, 7) is 4.00. The highest BCUT2D eigenvalue weighted by Gasteiger charge is 2.20. The molecule has 0 spiro atoms. The van der Waals surface area contributed by atoms with Crippen molar-refractivity contribution in [3.8, 4) is 0 Å². The molecule has 0 amide bonds. The maximum Gasteiger partial charge on any atom is 0.0664 e. The molecule has 1 rings (SSSR count). The third-order valence-electron chi connectivity index (χ3n) is 2.13. The van der Waals surface area contributed by atoms with Crippen molar-refractivity contribution < 1.29 is 5.11 Å². The minimum atomic E-state index is -0.126. The maximum absolute atomic E-state index is 9.32. The van der Waals surface area contributed by atoms with Gasteiger partial charge in [-0.25, -0.2) is 0 Å². The van der Waals surface area contributed by atoms with Crippen LogP contribution in [-0.4, -0.2) is 24.3 Å². The summed E-state index contributed by atoms with van der Waals surface area (Å²) in [5.74, 6) is 0.920. The molecule has 11 heavy (non-hydrogen) atoms. The van der Waals surface area contributed by atoms with E-state index in [0.29, 0.717) is 0 Å². The van der Waals surface area contributed by atoms with Crippen LogP contribution < -0.4 is 5.32 Å². The van der Waals surface area contributed by atoms with Gasteiger partial charge in [-0.2, -0.15) is 0 Å². The van der Waals surface area contributed by atoms with Crippen LogP contribution in [0.4, 0.5) is 0 Å². The average molecular weight is 157 g/mol. The van der Waals surface area contributed by atoms with Gasteiger partial charge >= 0.3 is 0 Å². The smallest absolute Gasteiger partial charge is 0.0664 e. The van der Waals surface area contributed by atoms with E-state index >= 15 is 0 Å². The first kappa shape index (κ1) is 9.01. The summed E-state index contributed by atoms with van der Waals surface area (Å²) in [4.78, 5) is 0. The summed E-state index contributed by atoms with van der Waals surface area (Å²) in [5, 5.41) is 12.6. The van der Waals surface area contributed by atoms with Crippen molar-refractivity contribution in [1.82, 2.24) is 5.32 Å². The number of nitrogens with one attached hydrogen (secondary N) is 1. The van der Waals surface area contributed by atoms with Gasteiger partial charge in [0, 0.05) is 6.54 Å². The van der Waals surface area contributed by atoms with Crippen LogP contribution in [0, 0.1) is 5.92 Å². The molecule has 1 aliphatic carbocycles. The maximum atomic E-state index is 9.32. The fourth-order valence-corrected chi connectivity index (χ4v) is 1.21. The highest BCUT2D eigenvalue weighted by atomic mass is 16.3. The lowest BCUT2D eigenvalue weighted by Gasteiger charge is -2.09. The van der Waals surface area contributed by atoms with Crippen LogP contribution in [0.25, 0.3) is 0 Å². The van der Waals surface area contributed by atoms with E-state index in [1.54, 1.807) is 0 Å². The lowest BCUT2D eigenvalue weighted by Crippen LogP contribution is -2.28. The Bertz CT molecular complexity index is 102. The number of hydrogen-bond acceptors (Lipinski definition) is 2. The summed E-state index contributed by atoms with van der Waals surface area (Å²) in [7, 11) is 0. The second-order valence-electron chi connectivity index (χ2n) is 3.54. The molecule has 2 heteroatoms. The first-order chi connectivity index (χ1) is 5.33. The average Bonchev–Trinajstić information content (AvgIpc) is 2.72. The molecule has 0 heterocycles. The third-order valence-corrected chi connectivity index (χ3v) is 2.13. The molecule has 0 aromatic heterocycles. The summed E-state index contributed by atoms with van der Waals surface area (Å²) in [6, 6.07) is 0. The highest BCUT2D eigenvalue weighted by molar-refractivity contribution is 4.75. The predicted octanol–water partition coefficient (Wildman–Crippen LogP) is 1.15. The largest absolute Gasteiger partial charge is 0.392 e. The number of rotatable bonds is 6. The second kappa shape index (κ2) is 4.73. The van der Waals surface area contributed by atoms with Crippen LogP contribution in [0.1, 0.15) is 32.6 Å². The Morgan fingerprint density at radius 3 is 2.82 bits per heavy atom. The molecule has 0 aromatic carbocycles. The fourth-order valence-electron chi connectivity index (χ4n) is 1.21. The molecule has 2 N–H and O–H groups in total. The number of aliphatic hydroxyl groups is 1. The van der Waals surface area contributed by atoms with Gasteiger partial charge in [-0.15, -0.1) is 0 Å². The molecule has 2 nitrogen and oxygen atoms in total. The van der Waals surface area contributed by atoms with Gasteiger partial charge < -0.3 is 10.4 Å². The fraction of sp³-hybridized carbons (Fsp3) is 1.00. The lowest BCUT2D eigenvalue weighted by molar-refractivity contribution is 0.160. The molecular formula is C9H19NO. The molecule has 66 valence electrons. The molecule has 0 radical (unpaired) electrons. The summed E-state index contributed by atoms with van der Waals surface area (Å²) < 4.78 is 0. The highest BCUT2D eigenvalue weighted by Crippen LogP contribution is 2.27. The van der Waals surface area contributed by atoms with Gasteiger partial charge in [0.05, 0.1) is 6.10 Å². The molecule has 0 aromatic rings. The van der Waals surface area contributed by atoms with Crippen molar-refractivity contribution in [2.75, 3.05) is 13.1 Å². The van der Waals surface area contributed by atoms with Gasteiger partial charge in [0.2, 0.25) is 0 Å². The Morgan fingerprint density at radius 2 is 2.27 bits per heavy atom. The molecule has 1 saturated carbocycles. The topological polar surface area (TPSA) is 32.3 Å². The van der Waals surface area contributed by atoms with Gasteiger partial charge in [-0.3, -0.25) is 0 Å². The van der Waals surface area contributed by atoms with E-state index in [9.17, 15) is 5.11 Å². The van der Waals surface area contributed by atoms with Crippen LogP contribution in [0.15, 0.2) is 0 Å². The predicted molar refractivity (Wildman–Crippen MR) is 46.5 cm³/mol. The molecule has 0 saturated heterocycles. The SMILES string of the molecule is CCCC(O)CNCC1CC1. The summed E-state index contributed by atoms with van der Waals surface area (Å²) in [5.41, 5.74) is 0. The number of hydrogen-bond donors (Lipinski definition) is 2. The number of aliphatic hydroxyl groups excluding tert-OH is 1. The van der Waals surface area contributed by atoms with E-state index < -0.39 is 0 Å². The zero-order chi connectivity index (χ0) is 8.10. The Balaban J connectivity index is 1.84. The quantitative estimate of drug-likeness (QED) is 0.606. The Labute approximate surface area is 69.0 Å². The second-order valence-corrected chi connectivity index (χ2v) is 3.54. The normalized spacial score (nSPS) is 20.2. The van der Waals surface area contributed by atoms with Gasteiger partial charge in [-0.05, 0) is 31.7 Å². The van der Waals surface area contributed by atoms with Crippen LogP contribution in [0.2, 0.25) is 0 Å². The van der Waals surface area contributed by atoms with Crippen molar-refractivity contribution in [3.63, 3.8) is 0 Å². The van der Waals surface area contributed by atoms with E-state index in [1.165, 1.54) is 12.8 Å². The minimum Gasteiger partial charge on any atom is -0.392 e. The van der Waals surface area contributed by atoms with Gasteiger partial charge in [0.15, 0.2) is 0 Å². The van der Waals surface area contributed by atoms with Crippen LogP contribution in [-0.2, 0) is 0 Å². The van der Waals surface area contributed by atoms with Crippen molar-refractivity contribution in [1.29, 1.82) is 0 Å². The van der Waals surface area contributed by atoms with Gasteiger partial charge in [0.25, 0.3) is 0 Å². The van der Waals surface area contributed by atoms with Crippen molar-refractivity contribution in [2.45, 2.75) is 38.7 Å². The molecular weight excluding hydrogens is 138 g/mol. The molecule has 1 fully saturated rings. The van der Waals surface area contributed by atoms with Crippen molar-refractivity contribution in [2.24, 2.45) is 5.92 Å². The van der Waals surface area contributed by atoms with Crippen LogP contribution in [0.5, 0.6) is 0 Å². The zero-order valence-corrected chi connectivity index (χ0v) is 7.34. The summed E-state index contributed by atoms with van der Waals surface area (Å²) >= 11 is 0. The molecule has 0 bridgehead atoms. The van der Waals surface area contributed by atoms with E-state index in [4.69, 9.17) is 0 Å². The van der Waals surface area contributed by atoms with E-state index in [2.05, 4.69) is 12.2 Å². The Morgan fingerprint density at radius 1 is 1.55 bits per heavy atom. The van der Waals surface area contributed by atoms with Crippen molar-refractivity contribution in [3.05, 3.63) is 0 Å². The van der Waals surface area contributed by atoms with Crippen molar-refractivity contribution >= 4 is 0 Å².